The largest absolute Gasteiger partial charge is 0.493 e. The van der Waals surface area contributed by atoms with Crippen LogP contribution in [0.5, 0.6) is 5.75 Å². The fourth-order valence-corrected chi connectivity index (χ4v) is 4.14. The van der Waals surface area contributed by atoms with Crippen molar-refractivity contribution in [3.63, 3.8) is 0 Å². The number of ether oxygens (including phenoxy) is 1. The van der Waals surface area contributed by atoms with E-state index >= 15 is 0 Å². The first-order valence-electron chi connectivity index (χ1n) is 9.57. The molecule has 5 nitrogen and oxygen atoms in total. The van der Waals surface area contributed by atoms with Gasteiger partial charge in [0, 0.05) is 18.7 Å². The lowest BCUT2D eigenvalue weighted by molar-refractivity contribution is 0.220. The summed E-state index contributed by atoms with van der Waals surface area (Å²) < 4.78 is 5.97. The predicted molar refractivity (Wildman–Crippen MR) is 116 cm³/mol. The minimum Gasteiger partial charge on any atom is -0.493 e. The number of rotatable bonds is 4. The molecule has 150 valence electrons. The molecule has 0 amide bonds. The van der Waals surface area contributed by atoms with Crippen LogP contribution in [0.2, 0.25) is 0 Å². The van der Waals surface area contributed by atoms with Gasteiger partial charge in [0.25, 0.3) is 5.56 Å². The van der Waals surface area contributed by atoms with Gasteiger partial charge in [-0.15, -0.1) is 24.8 Å². The number of aromatic nitrogens is 1. The Hall–Kier alpha value is -1.43. The Labute approximate surface area is 172 Å². The van der Waals surface area contributed by atoms with Crippen LogP contribution in [0, 0.1) is 0 Å². The van der Waals surface area contributed by atoms with Crippen molar-refractivity contribution in [2.24, 2.45) is 0 Å². The molecule has 0 saturated carbocycles. The Morgan fingerprint density at radius 2 is 1.89 bits per heavy atom. The van der Waals surface area contributed by atoms with Crippen LogP contribution in [0.4, 0.5) is 5.69 Å². The van der Waals surface area contributed by atoms with E-state index in [0.717, 1.165) is 66.9 Å². The third-order valence-electron chi connectivity index (χ3n) is 5.30. The van der Waals surface area contributed by atoms with Gasteiger partial charge in [0.15, 0.2) is 0 Å². The Morgan fingerprint density at radius 1 is 1.11 bits per heavy atom. The molecular formula is C20H29Cl2N3O2. The van der Waals surface area contributed by atoms with Gasteiger partial charge in [-0.25, -0.2) is 0 Å². The van der Waals surface area contributed by atoms with Crippen LogP contribution in [-0.4, -0.2) is 36.1 Å². The molecule has 0 aliphatic carbocycles. The molecule has 7 heteroatoms. The van der Waals surface area contributed by atoms with Gasteiger partial charge in [-0.05, 0) is 63.4 Å². The molecule has 27 heavy (non-hydrogen) atoms. The molecule has 1 fully saturated rings. The topological polar surface area (TPSA) is 57.4 Å². The molecule has 2 aromatic rings. The Balaban J connectivity index is 0.00000131. The Kier molecular flexibility index (Phi) is 7.83. The van der Waals surface area contributed by atoms with Crippen LogP contribution in [0.1, 0.15) is 43.7 Å². The van der Waals surface area contributed by atoms with Crippen LogP contribution in [-0.2, 0) is 13.0 Å². The van der Waals surface area contributed by atoms with Crippen LogP contribution >= 0.6 is 24.8 Å². The first-order chi connectivity index (χ1) is 12.3. The van der Waals surface area contributed by atoms with Crippen molar-refractivity contribution in [2.45, 2.75) is 45.6 Å². The molecule has 1 saturated heterocycles. The van der Waals surface area contributed by atoms with E-state index < -0.39 is 0 Å². The van der Waals surface area contributed by atoms with E-state index in [4.69, 9.17) is 4.74 Å². The van der Waals surface area contributed by atoms with Crippen molar-refractivity contribution in [1.29, 1.82) is 0 Å². The fourth-order valence-electron chi connectivity index (χ4n) is 4.14. The Morgan fingerprint density at radius 3 is 2.63 bits per heavy atom. The monoisotopic (exact) mass is 413 g/mol. The lowest BCUT2D eigenvalue weighted by atomic mass is 9.99. The molecule has 1 aromatic carbocycles. The number of anilines is 1. The maximum absolute atomic E-state index is 12.5. The molecule has 1 aromatic heterocycles. The van der Waals surface area contributed by atoms with Crippen LogP contribution in [0.3, 0.4) is 0 Å². The average molecular weight is 414 g/mol. The maximum atomic E-state index is 12.5. The summed E-state index contributed by atoms with van der Waals surface area (Å²) in [7, 11) is 0. The average Bonchev–Trinajstić information content (AvgIpc) is 2.63. The van der Waals surface area contributed by atoms with E-state index in [-0.39, 0.29) is 30.4 Å². The summed E-state index contributed by atoms with van der Waals surface area (Å²) in [5.74, 6) is 0.883. The highest BCUT2D eigenvalue weighted by atomic mass is 35.5. The highest BCUT2D eigenvalue weighted by molar-refractivity contribution is 5.98. The van der Waals surface area contributed by atoms with Crippen LogP contribution in [0.25, 0.3) is 10.9 Å². The van der Waals surface area contributed by atoms with Gasteiger partial charge in [0.05, 0.1) is 23.2 Å². The van der Waals surface area contributed by atoms with Crippen molar-refractivity contribution in [3.8, 4) is 5.75 Å². The molecule has 3 heterocycles. The summed E-state index contributed by atoms with van der Waals surface area (Å²) in [6.45, 7) is 6.77. The van der Waals surface area contributed by atoms with Crippen molar-refractivity contribution in [1.82, 2.24) is 9.88 Å². The highest BCUT2D eigenvalue weighted by Gasteiger charge is 2.20. The van der Waals surface area contributed by atoms with E-state index in [1.54, 1.807) is 0 Å². The van der Waals surface area contributed by atoms with Gasteiger partial charge in [0.2, 0.25) is 0 Å². The summed E-state index contributed by atoms with van der Waals surface area (Å²) in [4.78, 5) is 18.1. The number of pyridine rings is 1. The van der Waals surface area contributed by atoms with E-state index in [1.165, 1.54) is 24.8 Å². The molecule has 2 aliphatic rings. The van der Waals surface area contributed by atoms with Gasteiger partial charge < -0.3 is 15.0 Å². The van der Waals surface area contributed by atoms with E-state index in [0.29, 0.717) is 6.61 Å². The number of likely N-dealkylation sites (tertiary alicyclic amines) is 1. The van der Waals surface area contributed by atoms with Gasteiger partial charge in [0.1, 0.15) is 5.75 Å². The van der Waals surface area contributed by atoms with Crippen molar-refractivity contribution in [2.75, 3.05) is 31.6 Å². The first kappa shape index (κ1) is 21.9. The number of aromatic amines is 1. The van der Waals surface area contributed by atoms with Gasteiger partial charge >= 0.3 is 0 Å². The number of halogens is 2. The molecule has 4 rings (SSSR count). The molecule has 0 bridgehead atoms. The second-order valence-electron chi connectivity index (χ2n) is 7.12. The summed E-state index contributed by atoms with van der Waals surface area (Å²) in [6, 6.07) is 4.29. The number of nitrogens with one attached hydrogen (secondary N) is 2. The summed E-state index contributed by atoms with van der Waals surface area (Å²) in [5, 5.41) is 4.46. The minimum atomic E-state index is 0. The second-order valence-corrected chi connectivity index (χ2v) is 7.12. The number of hydrogen-bond acceptors (Lipinski definition) is 4. The van der Waals surface area contributed by atoms with E-state index in [1.807, 2.05) is 6.92 Å². The molecule has 0 radical (unpaired) electrons. The number of piperidine rings is 1. The van der Waals surface area contributed by atoms with Gasteiger partial charge in [-0.3, -0.25) is 9.69 Å². The minimum absolute atomic E-state index is 0. The Bertz CT molecular complexity index is 832. The number of nitrogens with zero attached hydrogens (tertiary/aromatic N) is 1. The second kappa shape index (κ2) is 9.67. The van der Waals surface area contributed by atoms with Crippen molar-refractivity contribution < 1.29 is 4.74 Å². The SMILES string of the molecule is CCOc1cc(CN2CCCCC2)cc2[nH]c(=O)c3c(c12)NCCC3.Cl.Cl. The number of benzene rings is 1. The highest BCUT2D eigenvalue weighted by Crippen LogP contribution is 2.36. The van der Waals surface area contributed by atoms with Gasteiger partial charge in [-0.1, -0.05) is 6.42 Å². The van der Waals surface area contributed by atoms with Crippen LogP contribution < -0.4 is 15.6 Å². The van der Waals surface area contributed by atoms with Gasteiger partial charge in [-0.2, -0.15) is 0 Å². The lowest BCUT2D eigenvalue weighted by Crippen LogP contribution is -2.29. The predicted octanol–water partition coefficient (Wildman–Crippen LogP) is 4.11. The molecular weight excluding hydrogens is 385 g/mol. The lowest BCUT2D eigenvalue weighted by Gasteiger charge is -2.27. The fraction of sp³-hybridized carbons (Fsp3) is 0.550. The van der Waals surface area contributed by atoms with Crippen molar-refractivity contribution in [3.05, 3.63) is 33.6 Å². The molecule has 0 spiro atoms. The molecule has 2 N–H and O–H groups in total. The smallest absolute Gasteiger partial charge is 0.253 e. The third-order valence-corrected chi connectivity index (χ3v) is 5.30. The zero-order valence-corrected chi connectivity index (χ0v) is 17.4. The maximum Gasteiger partial charge on any atom is 0.253 e. The normalized spacial score (nSPS) is 16.6. The number of hydrogen-bond donors (Lipinski definition) is 2. The van der Waals surface area contributed by atoms with E-state index in [2.05, 4.69) is 27.3 Å². The quantitative estimate of drug-likeness (QED) is 0.791. The molecule has 0 unspecified atom stereocenters. The zero-order valence-electron chi connectivity index (χ0n) is 15.8. The summed E-state index contributed by atoms with van der Waals surface area (Å²) in [5.41, 5.74) is 3.97. The first-order valence-corrected chi connectivity index (χ1v) is 9.57. The number of fused-ring (bicyclic) bond motifs is 3. The van der Waals surface area contributed by atoms with E-state index in [9.17, 15) is 4.79 Å². The zero-order chi connectivity index (χ0) is 17.2. The van der Waals surface area contributed by atoms with Crippen LogP contribution in [0.15, 0.2) is 16.9 Å². The third kappa shape index (κ3) is 4.53. The standard InChI is InChI=1S/C20H27N3O2.2ClH/c1-2-25-17-12-14(13-23-9-4-3-5-10-23)11-16-18(17)19-15(20(24)22-16)7-6-8-21-19;;/h11-12,21H,2-10,13H2,1H3,(H,22,24);2*1H. The summed E-state index contributed by atoms with van der Waals surface area (Å²) >= 11 is 0. The van der Waals surface area contributed by atoms with Crippen molar-refractivity contribution >= 4 is 41.4 Å². The molecule has 0 atom stereocenters. The summed E-state index contributed by atoms with van der Waals surface area (Å²) in [6.07, 6.45) is 5.72. The number of H-pyrrole nitrogens is 1. The molecule has 2 aliphatic heterocycles.